The van der Waals surface area contributed by atoms with Crippen LogP contribution in [0.15, 0.2) is 39.5 Å². The van der Waals surface area contributed by atoms with Gasteiger partial charge >= 0.3 is 35.2 Å². The second kappa shape index (κ2) is 3.96. The van der Waals surface area contributed by atoms with E-state index >= 15 is 0 Å². The summed E-state index contributed by atoms with van der Waals surface area (Å²) < 4.78 is 4.83. The Hall–Kier alpha value is -0.770. The van der Waals surface area contributed by atoms with Crippen molar-refractivity contribution in [3.63, 3.8) is 0 Å². The van der Waals surface area contributed by atoms with Gasteiger partial charge in [-0.05, 0) is 12.1 Å². The van der Waals surface area contributed by atoms with E-state index in [2.05, 4.69) is 0 Å². The van der Waals surface area contributed by atoms with Gasteiger partial charge in [0.1, 0.15) is 11.3 Å². The van der Waals surface area contributed by atoms with Crippen LogP contribution >= 0.6 is 0 Å². The van der Waals surface area contributed by atoms with E-state index < -0.39 is 5.63 Å². The summed E-state index contributed by atoms with van der Waals surface area (Å²) in [4.78, 5) is 10.8. The number of fused-ring (bicyclic) bond motifs is 1. The fraction of sp³-hybridized carbons (Fsp3) is 0. The molecule has 0 aliphatic carbocycles. The van der Waals surface area contributed by atoms with Crippen molar-refractivity contribution in [1.29, 1.82) is 0 Å². The molecule has 3 nitrogen and oxygen atoms in total. The minimum absolute atomic E-state index is 0. The molecule has 1 aromatic heterocycles. The maximum atomic E-state index is 10.8. The summed E-state index contributed by atoms with van der Waals surface area (Å²) in [6, 6.07) is 7.89. The van der Waals surface area contributed by atoms with E-state index in [1.165, 1.54) is 0 Å². The number of para-hydroxylation sites is 1. The average Bonchev–Trinajstić information content (AvgIpc) is 2.04. The monoisotopic (exact) mass is 186 g/mol. The second-order valence-corrected chi connectivity index (χ2v) is 2.45. The van der Waals surface area contributed by atoms with Gasteiger partial charge in [-0.25, -0.2) is 4.79 Å². The summed E-state index contributed by atoms with van der Waals surface area (Å²) in [6.07, 6.45) is 0. The van der Waals surface area contributed by atoms with E-state index in [0.717, 1.165) is 6.07 Å². The van der Waals surface area contributed by atoms with Gasteiger partial charge in [0.15, 0.2) is 0 Å². The molecule has 1 aromatic carbocycles. The van der Waals surface area contributed by atoms with Gasteiger partial charge in [0.05, 0.1) is 11.5 Å². The van der Waals surface area contributed by atoms with Gasteiger partial charge in [-0.15, -0.1) is 0 Å². The van der Waals surface area contributed by atoms with E-state index in [1.54, 1.807) is 24.3 Å². The number of rotatable bonds is 0. The van der Waals surface area contributed by atoms with Crippen LogP contribution in [0.4, 0.5) is 0 Å². The van der Waals surface area contributed by atoms with Crippen LogP contribution in [-0.2, 0) is 0 Å². The van der Waals surface area contributed by atoms with Gasteiger partial charge in [-0.2, -0.15) is 0 Å². The molecule has 0 bridgehead atoms. The fourth-order valence-electron chi connectivity index (χ4n) is 1.09. The average molecular weight is 186 g/mol. The van der Waals surface area contributed by atoms with Crippen LogP contribution in [0.25, 0.3) is 11.0 Å². The molecular formula is C9H7NaO3. The predicted octanol–water partition coefficient (Wildman–Crippen LogP) is 0.850. The molecule has 1 heterocycles. The molecule has 1 N–H and O–H groups in total. The molecule has 0 amide bonds. The summed E-state index contributed by atoms with van der Waals surface area (Å²) in [5.74, 6) is -0.0400. The third kappa shape index (κ3) is 1.94. The zero-order valence-electron chi connectivity index (χ0n) is 6.15. The second-order valence-electron chi connectivity index (χ2n) is 2.45. The van der Waals surface area contributed by atoms with Crippen LogP contribution in [0.1, 0.15) is 0 Å². The molecule has 0 saturated carbocycles. The number of hydrogen-bond donors (Lipinski definition) is 1. The van der Waals surface area contributed by atoms with Gasteiger partial charge < -0.3 is 9.52 Å². The molecule has 0 saturated heterocycles. The summed E-state index contributed by atoms with van der Waals surface area (Å²) in [5, 5.41) is 9.84. The van der Waals surface area contributed by atoms with Gasteiger partial charge in [-0.3, -0.25) is 0 Å². The Balaban J connectivity index is 0.000000845. The van der Waals surface area contributed by atoms with Crippen molar-refractivity contribution in [1.82, 2.24) is 0 Å². The quantitative estimate of drug-likeness (QED) is 0.490. The van der Waals surface area contributed by atoms with Gasteiger partial charge in [0.25, 0.3) is 0 Å². The number of aromatic hydroxyl groups is 1. The topological polar surface area (TPSA) is 50.4 Å². The van der Waals surface area contributed by atoms with Crippen LogP contribution in [0.3, 0.4) is 0 Å². The van der Waals surface area contributed by atoms with E-state index in [-0.39, 0.29) is 35.3 Å². The standard InChI is InChI=1S/C9H6O3.Na.H/c10-7-5-9(11)12-8-4-2-1-3-6(7)8;;/h1-5,10H;;. The Kier molecular flexibility index (Phi) is 3.14. The zero-order valence-corrected chi connectivity index (χ0v) is 6.15. The summed E-state index contributed by atoms with van der Waals surface area (Å²) >= 11 is 0. The molecule has 0 radical (unpaired) electrons. The van der Waals surface area contributed by atoms with Crippen molar-refractivity contribution in [2.75, 3.05) is 0 Å². The SMILES string of the molecule is O=c1cc(O)c2ccccc2o1.[NaH]. The van der Waals surface area contributed by atoms with E-state index in [4.69, 9.17) is 4.42 Å². The van der Waals surface area contributed by atoms with Gasteiger partial charge in [0, 0.05) is 0 Å². The molecule has 2 rings (SSSR count). The minimum atomic E-state index is -0.536. The van der Waals surface area contributed by atoms with E-state index in [0.29, 0.717) is 11.0 Å². The van der Waals surface area contributed by atoms with E-state index in [1.807, 2.05) is 0 Å². The molecule has 62 valence electrons. The third-order valence-corrected chi connectivity index (χ3v) is 1.63. The summed E-state index contributed by atoms with van der Waals surface area (Å²) in [6.45, 7) is 0. The first kappa shape index (κ1) is 10.3. The van der Waals surface area contributed by atoms with Crippen LogP contribution in [0.5, 0.6) is 5.75 Å². The molecule has 2 aromatic rings. The molecule has 0 aliphatic heterocycles. The molecule has 13 heavy (non-hydrogen) atoms. The fourth-order valence-corrected chi connectivity index (χ4v) is 1.09. The summed E-state index contributed by atoms with van der Waals surface area (Å²) in [7, 11) is 0. The third-order valence-electron chi connectivity index (χ3n) is 1.63. The van der Waals surface area contributed by atoms with Gasteiger partial charge in [-0.1, -0.05) is 12.1 Å². The van der Waals surface area contributed by atoms with Crippen molar-refractivity contribution < 1.29 is 9.52 Å². The molecule has 4 heteroatoms. The predicted molar refractivity (Wildman–Crippen MR) is 51.3 cm³/mol. The van der Waals surface area contributed by atoms with Gasteiger partial charge in [0.2, 0.25) is 0 Å². The Morgan fingerprint density at radius 2 is 1.92 bits per heavy atom. The van der Waals surface area contributed by atoms with Crippen LogP contribution in [0, 0.1) is 0 Å². The van der Waals surface area contributed by atoms with Crippen molar-refractivity contribution in [3.05, 3.63) is 40.8 Å². The van der Waals surface area contributed by atoms with Crippen LogP contribution in [-0.4, -0.2) is 34.7 Å². The molecule has 0 spiro atoms. The Bertz CT molecular complexity index is 475. The molecule has 0 unspecified atom stereocenters. The molecular weight excluding hydrogens is 179 g/mol. The first-order chi connectivity index (χ1) is 5.77. The first-order valence-corrected chi connectivity index (χ1v) is 3.49. The first-order valence-electron chi connectivity index (χ1n) is 3.49. The molecule has 0 atom stereocenters. The van der Waals surface area contributed by atoms with Crippen LogP contribution in [0.2, 0.25) is 0 Å². The van der Waals surface area contributed by atoms with Crippen molar-refractivity contribution in [3.8, 4) is 5.75 Å². The Morgan fingerprint density at radius 3 is 2.69 bits per heavy atom. The van der Waals surface area contributed by atoms with Crippen molar-refractivity contribution in [2.24, 2.45) is 0 Å². The molecule has 0 fully saturated rings. The normalized spacial score (nSPS) is 9.54. The Labute approximate surface area is 96.3 Å². The Morgan fingerprint density at radius 1 is 1.23 bits per heavy atom. The summed E-state index contributed by atoms with van der Waals surface area (Å²) in [5.41, 5.74) is -0.131. The maximum absolute atomic E-state index is 10.8. The van der Waals surface area contributed by atoms with Crippen molar-refractivity contribution >= 4 is 40.5 Å². The molecule has 0 aliphatic rings. The van der Waals surface area contributed by atoms with Crippen molar-refractivity contribution in [2.45, 2.75) is 0 Å². The van der Waals surface area contributed by atoms with Crippen LogP contribution < -0.4 is 5.63 Å². The van der Waals surface area contributed by atoms with E-state index in [9.17, 15) is 9.90 Å². The number of benzene rings is 1. The number of hydrogen-bond acceptors (Lipinski definition) is 3. The zero-order chi connectivity index (χ0) is 8.55.